The maximum Gasteiger partial charge on any atom is 0.321 e. The van der Waals surface area contributed by atoms with E-state index in [0.717, 1.165) is 5.69 Å². The van der Waals surface area contributed by atoms with Crippen molar-refractivity contribution in [2.24, 2.45) is 10.2 Å². The van der Waals surface area contributed by atoms with Crippen LogP contribution in [0.4, 0.5) is 17.1 Å². The normalized spacial score (nSPS) is 13.8. The summed E-state index contributed by atoms with van der Waals surface area (Å²) in [5.41, 5.74) is 2.12. The van der Waals surface area contributed by atoms with Gasteiger partial charge in [0.15, 0.2) is 0 Å². The Morgan fingerprint density at radius 1 is 1.07 bits per heavy atom. The molecule has 0 aliphatic heterocycles. The number of carbonyl (C=O) groups is 1. The summed E-state index contributed by atoms with van der Waals surface area (Å²) in [5.74, 6) is -1.25. The van der Waals surface area contributed by atoms with Crippen LogP contribution < -0.4 is 9.62 Å². The minimum Gasteiger partial charge on any atom is -0.480 e. The zero-order valence-corrected chi connectivity index (χ0v) is 18.5. The third-order valence-corrected chi connectivity index (χ3v) is 6.38. The molecule has 0 aliphatic rings. The van der Waals surface area contributed by atoms with Gasteiger partial charge in [0.05, 0.1) is 16.3 Å². The third kappa shape index (κ3) is 7.01. The molecule has 2 N–H and O–H groups in total. The molecule has 0 amide bonds. The molecule has 0 aliphatic carbocycles. The molecule has 0 saturated heterocycles. The molecule has 2 aromatic carbocycles. The molecule has 0 bridgehead atoms. The zero-order valence-electron chi connectivity index (χ0n) is 16.8. The van der Waals surface area contributed by atoms with Crippen molar-refractivity contribution in [2.45, 2.75) is 17.4 Å². The first-order valence-corrected chi connectivity index (χ1v) is 12.1. The number of rotatable bonds is 10. The van der Waals surface area contributed by atoms with Crippen molar-refractivity contribution in [1.29, 1.82) is 0 Å². The Balaban J connectivity index is 2.09. The lowest BCUT2D eigenvalue weighted by Gasteiger charge is -2.14. The van der Waals surface area contributed by atoms with Gasteiger partial charge >= 0.3 is 5.97 Å². The van der Waals surface area contributed by atoms with E-state index in [4.69, 9.17) is 0 Å². The maximum atomic E-state index is 12.5. The van der Waals surface area contributed by atoms with Gasteiger partial charge in [-0.3, -0.25) is 9.00 Å². The lowest BCUT2D eigenvalue weighted by Crippen LogP contribution is -2.41. The predicted molar refractivity (Wildman–Crippen MR) is 117 cm³/mol. The average molecular weight is 453 g/mol. The Bertz CT molecular complexity index is 1020. The van der Waals surface area contributed by atoms with E-state index in [1.54, 1.807) is 0 Å². The Morgan fingerprint density at radius 2 is 1.57 bits per heavy atom. The van der Waals surface area contributed by atoms with Crippen molar-refractivity contribution in [3.63, 3.8) is 0 Å². The van der Waals surface area contributed by atoms with Crippen molar-refractivity contribution < 1.29 is 22.5 Å². The van der Waals surface area contributed by atoms with Crippen LogP contribution in [0, 0.1) is 0 Å². The second kappa shape index (κ2) is 10.4. The summed E-state index contributed by atoms with van der Waals surface area (Å²) in [6.45, 7) is 0. The quantitative estimate of drug-likeness (QED) is 0.533. The number of hydrogen-bond acceptors (Lipinski definition) is 7. The first-order chi connectivity index (χ1) is 14.1. The van der Waals surface area contributed by atoms with Gasteiger partial charge in [0.1, 0.15) is 6.04 Å². The van der Waals surface area contributed by atoms with Gasteiger partial charge in [0.2, 0.25) is 10.0 Å². The van der Waals surface area contributed by atoms with Crippen molar-refractivity contribution in [1.82, 2.24) is 4.72 Å². The highest BCUT2D eigenvalue weighted by molar-refractivity contribution is 7.89. The number of anilines is 1. The van der Waals surface area contributed by atoms with Crippen LogP contribution in [0.15, 0.2) is 63.7 Å². The van der Waals surface area contributed by atoms with E-state index in [9.17, 15) is 22.5 Å². The Labute approximate surface area is 178 Å². The van der Waals surface area contributed by atoms with Crippen molar-refractivity contribution in [2.75, 3.05) is 31.0 Å². The summed E-state index contributed by atoms with van der Waals surface area (Å²) >= 11 is 0. The molecule has 0 unspecified atom stereocenters. The number of carboxylic acids is 1. The fourth-order valence-corrected chi connectivity index (χ4v) is 4.19. The molecular formula is C19H24N4O5S2. The van der Waals surface area contributed by atoms with Gasteiger partial charge in [-0.1, -0.05) is 0 Å². The van der Waals surface area contributed by atoms with E-state index >= 15 is 0 Å². The lowest BCUT2D eigenvalue weighted by atomic mass is 10.2. The number of aliphatic carboxylic acids is 1. The summed E-state index contributed by atoms with van der Waals surface area (Å²) in [6, 6.07) is 11.7. The third-order valence-electron chi connectivity index (χ3n) is 4.08. The van der Waals surface area contributed by atoms with E-state index in [1.165, 1.54) is 30.5 Å². The van der Waals surface area contributed by atoms with Crippen LogP contribution in [-0.2, 0) is 25.6 Å². The molecule has 30 heavy (non-hydrogen) atoms. The van der Waals surface area contributed by atoms with Crippen LogP contribution >= 0.6 is 0 Å². The number of nitrogens with zero attached hydrogens (tertiary/aromatic N) is 3. The Kier molecular flexibility index (Phi) is 8.21. The molecule has 0 aromatic heterocycles. The zero-order chi connectivity index (χ0) is 22.3. The fraction of sp³-hybridized carbons (Fsp3) is 0.316. The van der Waals surface area contributed by atoms with E-state index in [2.05, 4.69) is 15.0 Å². The van der Waals surface area contributed by atoms with Crippen molar-refractivity contribution in [3.8, 4) is 0 Å². The molecule has 2 aromatic rings. The highest BCUT2D eigenvalue weighted by Gasteiger charge is 2.25. The topological polar surface area (TPSA) is 128 Å². The number of benzene rings is 2. The van der Waals surface area contributed by atoms with Gasteiger partial charge in [0, 0.05) is 42.6 Å². The molecule has 2 atom stereocenters. The maximum absolute atomic E-state index is 12.5. The van der Waals surface area contributed by atoms with E-state index in [0.29, 0.717) is 11.4 Å². The molecule has 11 heteroatoms. The molecule has 2 rings (SSSR count). The summed E-state index contributed by atoms with van der Waals surface area (Å²) in [6.07, 6.45) is 1.36. The molecule has 162 valence electrons. The first kappa shape index (κ1) is 23.6. The highest BCUT2D eigenvalue weighted by atomic mass is 32.2. The van der Waals surface area contributed by atoms with Gasteiger partial charge in [0.25, 0.3) is 0 Å². The first-order valence-electron chi connectivity index (χ1n) is 8.93. The monoisotopic (exact) mass is 452 g/mol. The second-order valence-corrected chi connectivity index (χ2v) is 9.95. The lowest BCUT2D eigenvalue weighted by molar-refractivity contribution is -0.139. The SMILES string of the molecule is CN(C)c1ccc(N=Nc2ccc(S(=O)(=O)N[C@@H](CC[S@](C)=O)C(=O)O)cc2)cc1. The molecular weight excluding hydrogens is 428 g/mol. The smallest absolute Gasteiger partial charge is 0.321 e. The van der Waals surface area contributed by atoms with Crippen LogP contribution in [0.2, 0.25) is 0 Å². The summed E-state index contributed by atoms with van der Waals surface area (Å²) in [5, 5.41) is 17.4. The molecule has 0 fully saturated rings. The van der Waals surface area contributed by atoms with Crippen LogP contribution in [0.5, 0.6) is 0 Å². The largest absolute Gasteiger partial charge is 0.480 e. The standard InChI is InChI=1S/C19H24N4O5S2/c1-23(2)16-8-4-14(5-9-16)20-21-15-6-10-17(11-7-15)30(27,28)22-18(19(24)25)12-13-29(3)26/h4-11,18,22H,12-13H2,1-3H3,(H,24,25)/t18-,29-/m0/s1. The van der Waals surface area contributed by atoms with Gasteiger partial charge < -0.3 is 10.0 Å². The molecule has 0 radical (unpaired) electrons. The second-order valence-electron chi connectivity index (χ2n) is 6.68. The van der Waals surface area contributed by atoms with Crippen molar-refractivity contribution in [3.05, 3.63) is 48.5 Å². The fourth-order valence-electron chi connectivity index (χ4n) is 2.40. The molecule has 0 heterocycles. The number of azo groups is 1. The highest BCUT2D eigenvalue weighted by Crippen LogP contribution is 2.22. The summed E-state index contributed by atoms with van der Waals surface area (Å²) < 4.78 is 38.2. The number of sulfonamides is 1. The Morgan fingerprint density at radius 3 is 2.00 bits per heavy atom. The van der Waals surface area contributed by atoms with Gasteiger partial charge in [-0.15, -0.1) is 0 Å². The minimum absolute atomic E-state index is 0.0728. The summed E-state index contributed by atoms with van der Waals surface area (Å²) in [4.78, 5) is 13.2. The number of hydrogen-bond donors (Lipinski definition) is 2. The molecule has 0 saturated carbocycles. The van der Waals surface area contributed by atoms with E-state index < -0.39 is 32.8 Å². The van der Waals surface area contributed by atoms with Crippen LogP contribution in [0.3, 0.4) is 0 Å². The number of nitrogens with one attached hydrogen (secondary N) is 1. The predicted octanol–water partition coefficient (Wildman–Crippen LogP) is 2.67. The van der Waals surface area contributed by atoms with E-state index in [-0.39, 0.29) is 17.1 Å². The molecule has 9 nitrogen and oxygen atoms in total. The number of carboxylic acid groups (broad SMARTS) is 1. The van der Waals surface area contributed by atoms with Crippen LogP contribution in [-0.4, -0.2) is 55.8 Å². The van der Waals surface area contributed by atoms with Crippen LogP contribution in [0.1, 0.15) is 6.42 Å². The minimum atomic E-state index is -4.06. The molecule has 0 spiro atoms. The van der Waals surface area contributed by atoms with E-state index in [1.807, 2.05) is 43.3 Å². The summed E-state index contributed by atoms with van der Waals surface area (Å²) in [7, 11) is -1.41. The van der Waals surface area contributed by atoms with Crippen molar-refractivity contribution >= 4 is 43.9 Å². The Hall–Kier alpha value is -2.63. The van der Waals surface area contributed by atoms with Gasteiger partial charge in [-0.2, -0.15) is 15.0 Å². The van der Waals surface area contributed by atoms with Gasteiger partial charge in [-0.25, -0.2) is 8.42 Å². The van der Waals surface area contributed by atoms with Gasteiger partial charge in [-0.05, 0) is 55.0 Å². The average Bonchev–Trinajstić information content (AvgIpc) is 2.69. The van der Waals surface area contributed by atoms with Crippen LogP contribution in [0.25, 0.3) is 0 Å².